The molecule has 9 nitrogen and oxygen atoms in total. The first-order valence-corrected chi connectivity index (χ1v) is 10.2. The molecular formula is C24H21FN4O5. The number of hydrogen-bond donors (Lipinski definition) is 2. The molecule has 0 aliphatic rings. The van der Waals surface area contributed by atoms with Crippen LogP contribution in [0, 0.1) is 15.9 Å². The van der Waals surface area contributed by atoms with Crippen molar-refractivity contribution in [3.63, 3.8) is 0 Å². The number of hydrazone groups is 1. The number of rotatable bonds is 8. The van der Waals surface area contributed by atoms with Gasteiger partial charge < -0.3 is 10.1 Å². The standard InChI is InChI=1S/C24H21FN4O5/c1-15(27-28-23(30)16(2)34-22-9-4-3-8-21(22)29(32)33)18-6-5-7-20(14-18)26-24(31)17-10-12-19(25)13-11-17/h3-14,16H,1-2H3,(H,26,31)(H,28,30)/b27-15+. The predicted molar refractivity (Wildman–Crippen MR) is 124 cm³/mol. The van der Waals surface area contributed by atoms with Gasteiger partial charge in [-0.25, -0.2) is 9.82 Å². The fraction of sp³-hybridized carbons (Fsp3) is 0.125. The van der Waals surface area contributed by atoms with Crippen molar-refractivity contribution < 1.29 is 23.6 Å². The molecule has 0 radical (unpaired) electrons. The zero-order chi connectivity index (χ0) is 24.7. The first kappa shape index (κ1) is 24.1. The number of para-hydroxylation sites is 2. The SMILES string of the molecule is C/C(=N\NC(=O)C(C)Oc1ccccc1[N+](=O)[O-])c1cccc(NC(=O)c2ccc(F)cc2)c1. The molecule has 0 fully saturated rings. The Labute approximate surface area is 194 Å². The van der Waals surface area contributed by atoms with Crippen LogP contribution in [0.3, 0.4) is 0 Å². The lowest BCUT2D eigenvalue weighted by Gasteiger charge is -2.13. The first-order valence-electron chi connectivity index (χ1n) is 10.2. The Balaban J connectivity index is 1.63. The summed E-state index contributed by atoms with van der Waals surface area (Å²) in [6, 6.07) is 17.7. The fourth-order valence-electron chi connectivity index (χ4n) is 2.87. The minimum absolute atomic E-state index is 0.0274. The van der Waals surface area contributed by atoms with Crippen LogP contribution in [-0.4, -0.2) is 28.6 Å². The molecule has 1 unspecified atom stereocenters. The maximum Gasteiger partial charge on any atom is 0.310 e. The number of nitro groups is 1. The van der Waals surface area contributed by atoms with Gasteiger partial charge in [-0.2, -0.15) is 5.10 Å². The quantitative estimate of drug-likeness (QED) is 0.292. The van der Waals surface area contributed by atoms with Crippen LogP contribution in [0.5, 0.6) is 5.75 Å². The highest BCUT2D eigenvalue weighted by molar-refractivity contribution is 6.05. The Morgan fingerprint density at radius 3 is 2.44 bits per heavy atom. The summed E-state index contributed by atoms with van der Waals surface area (Å²) in [7, 11) is 0. The normalized spacial score (nSPS) is 11.9. The Bertz CT molecular complexity index is 1240. The predicted octanol–water partition coefficient (Wildman–Crippen LogP) is 4.29. The summed E-state index contributed by atoms with van der Waals surface area (Å²) in [6.07, 6.45) is -1.04. The minimum Gasteiger partial charge on any atom is -0.474 e. The second kappa shape index (κ2) is 10.8. The van der Waals surface area contributed by atoms with Crippen LogP contribution in [0.4, 0.5) is 15.8 Å². The van der Waals surface area contributed by atoms with E-state index in [9.17, 15) is 24.1 Å². The average molecular weight is 464 g/mol. The fourth-order valence-corrected chi connectivity index (χ4v) is 2.87. The van der Waals surface area contributed by atoms with Crippen molar-refractivity contribution in [2.24, 2.45) is 5.10 Å². The molecule has 0 spiro atoms. The lowest BCUT2D eigenvalue weighted by molar-refractivity contribution is -0.386. The minimum atomic E-state index is -1.04. The van der Waals surface area contributed by atoms with E-state index in [1.54, 1.807) is 37.3 Å². The van der Waals surface area contributed by atoms with E-state index in [-0.39, 0.29) is 11.4 Å². The van der Waals surface area contributed by atoms with Crippen LogP contribution >= 0.6 is 0 Å². The van der Waals surface area contributed by atoms with Gasteiger partial charge in [-0.15, -0.1) is 0 Å². The van der Waals surface area contributed by atoms with Crippen molar-refractivity contribution in [1.82, 2.24) is 5.43 Å². The molecule has 2 N–H and O–H groups in total. The van der Waals surface area contributed by atoms with Crippen LogP contribution in [0.2, 0.25) is 0 Å². The Morgan fingerprint density at radius 2 is 1.74 bits per heavy atom. The zero-order valence-electron chi connectivity index (χ0n) is 18.3. The molecule has 0 aliphatic carbocycles. The number of anilines is 1. The lowest BCUT2D eigenvalue weighted by atomic mass is 10.1. The summed E-state index contributed by atoms with van der Waals surface area (Å²) in [6.45, 7) is 3.11. The second-order valence-corrected chi connectivity index (χ2v) is 7.20. The highest BCUT2D eigenvalue weighted by atomic mass is 19.1. The van der Waals surface area contributed by atoms with E-state index in [1.807, 2.05) is 0 Å². The molecule has 2 amide bonds. The number of carbonyl (C=O) groups excluding carboxylic acids is 2. The summed E-state index contributed by atoms with van der Waals surface area (Å²) in [5, 5.41) is 17.9. The molecule has 0 aromatic heterocycles. The molecular weight excluding hydrogens is 443 g/mol. The van der Waals surface area contributed by atoms with Gasteiger partial charge in [0.2, 0.25) is 0 Å². The molecule has 3 rings (SSSR count). The zero-order valence-corrected chi connectivity index (χ0v) is 18.3. The number of hydrogen-bond acceptors (Lipinski definition) is 6. The van der Waals surface area contributed by atoms with Gasteiger partial charge in [0.1, 0.15) is 5.82 Å². The van der Waals surface area contributed by atoms with Gasteiger partial charge in [0, 0.05) is 17.3 Å². The van der Waals surface area contributed by atoms with Crippen molar-refractivity contribution in [3.8, 4) is 5.75 Å². The molecule has 0 saturated carbocycles. The number of nitro benzene ring substituents is 1. The van der Waals surface area contributed by atoms with Gasteiger partial charge in [0.05, 0.1) is 10.6 Å². The van der Waals surface area contributed by atoms with Gasteiger partial charge in [-0.05, 0) is 61.9 Å². The van der Waals surface area contributed by atoms with Gasteiger partial charge in [-0.1, -0.05) is 24.3 Å². The summed E-state index contributed by atoms with van der Waals surface area (Å²) >= 11 is 0. The van der Waals surface area contributed by atoms with Crippen molar-refractivity contribution in [2.45, 2.75) is 20.0 Å². The van der Waals surface area contributed by atoms with E-state index in [0.717, 1.165) is 0 Å². The molecule has 0 aliphatic heterocycles. The van der Waals surface area contributed by atoms with E-state index in [4.69, 9.17) is 4.74 Å². The molecule has 0 saturated heterocycles. The van der Waals surface area contributed by atoms with E-state index >= 15 is 0 Å². The molecule has 1 atom stereocenters. The Kier molecular flexibility index (Phi) is 7.65. The third-order valence-corrected chi connectivity index (χ3v) is 4.71. The highest BCUT2D eigenvalue weighted by Crippen LogP contribution is 2.26. The van der Waals surface area contributed by atoms with Crippen molar-refractivity contribution in [2.75, 3.05) is 5.32 Å². The maximum atomic E-state index is 13.0. The van der Waals surface area contributed by atoms with Crippen LogP contribution in [0.1, 0.15) is 29.8 Å². The first-order chi connectivity index (χ1) is 16.2. The number of nitrogens with one attached hydrogen (secondary N) is 2. The molecule has 3 aromatic carbocycles. The lowest BCUT2D eigenvalue weighted by Crippen LogP contribution is -2.34. The molecule has 3 aromatic rings. The molecule has 10 heteroatoms. The van der Waals surface area contributed by atoms with Gasteiger partial charge >= 0.3 is 5.69 Å². The third kappa shape index (κ3) is 6.22. The third-order valence-electron chi connectivity index (χ3n) is 4.71. The van der Waals surface area contributed by atoms with Crippen LogP contribution in [-0.2, 0) is 4.79 Å². The van der Waals surface area contributed by atoms with Gasteiger partial charge in [-0.3, -0.25) is 19.7 Å². The number of halogens is 1. The number of amides is 2. The van der Waals surface area contributed by atoms with E-state index < -0.39 is 28.7 Å². The van der Waals surface area contributed by atoms with Crippen LogP contribution in [0.15, 0.2) is 77.9 Å². The smallest absolute Gasteiger partial charge is 0.310 e. The van der Waals surface area contributed by atoms with Crippen LogP contribution < -0.4 is 15.5 Å². The van der Waals surface area contributed by atoms with Gasteiger partial charge in [0.25, 0.3) is 11.8 Å². The summed E-state index contributed by atoms with van der Waals surface area (Å²) in [5.74, 6) is -1.46. The monoisotopic (exact) mass is 464 g/mol. The van der Waals surface area contributed by atoms with E-state index in [2.05, 4.69) is 15.8 Å². The largest absolute Gasteiger partial charge is 0.474 e. The van der Waals surface area contributed by atoms with Gasteiger partial charge in [0.15, 0.2) is 11.9 Å². The Hall–Kier alpha value is -4.60. The summed E-state index contributed by atoms with van der Waals surface area (Å²) in [5.41, 5.74) is 3.99. The van der Waals surface area contributed by atoms with Crippen molar-refractivity contribution >= 4 is 28.9 Å². The number of benzene rings is 3. The second-order valence-electron chi connectivity index (χ2n) is 7.20. The van der Waals surface area contributed by atoms with Crippen LogP contribution in [0.25, 0.3) is 0 Å². The Morgan fingerprint density at radius 1 is 1.03 bits per heavy atom. The number of carbonyl (C=O) groups is 2. The summed E-state index contributed by atoms with van der Waals surface area (Å²) < 4.78 is 18.5. The van der Waals surface area contributed by atoms with E-state index in [1.165, 1.54) is 49.4 Å². The molecule has 174 valence electrons. The number of nitrogens with zero attached hydrogens (tertiary/aromatic N) is 2. The molecule has 34 heavy (non-hydrogen) atoms. The highest BCUT2D eigenvalue weighted by Gasteiger charge is 2.20. The summed E-state index contributed by atoms with van der Waals surface area (Å²) in [4.78, 5) is 35.2. The van der Waals surface area contributed by atoms with E-state index in [0.29, 0.717) is 22.5 Å². The molecule has 0 heterocycles. The molecule has 0 bridgehead atoms. The van der Waals surface area contributed by atoms with Crippen molar-refractivity contribution in [3.05, 3.63) is 99.9 Å². The topological polar surface area (TPSA) is 123 Å². The average Bonchev–Trinajstić information content (AvgIpc) is 2.83. The maximum absolute atomic E-state index is 13.0. The van der Waals surface area contributed by atoms with Crippen molar-refractivity contribution in [1.29, 1.82) is 0 Å². The number of ether oxygens (including phenoxy) is 1.